The van der Waals surface area contributed by atoms with Gasteiger partial charge in [0, 0.05) is 5.56 Å². The van der Waals surface area contributed by atoms with Gasteiger partial charge in [-0.25, -0.2) is 10.2 Å². The van der Waals surface area contributed by atoms with Crippen LogP contribution in [0.15, 0.2) is 64.3 Å². The zero-order valence-electron chi connectivity index (χ0n) is 14.3. The molecular formula is C19H18N4O4. The molecule has 2 aromatic carbocycles. The monoisotopic (exact) mass is 366 g/mol. The summed E-state index contributed by atoms with van der Waals surface area (Å²) in [5.74, 6) is 0.162. The molecular weight excluding hydrogens is 348 g/mol. The van der Waals surface area contributed by atoms with Gasteiger partial charge in [-0.05, 0) is 29.0 Å². The molecule has 27 heavy (non-hydrogen) atoms. The fourth-order valence-electron chi connectivity index (χ4n) is 2.43. The Bertz CT molecular complexity index is 967. The van der Waals surface area contributed by atoms with E-state index in [1.165, 1.54) is 12.5 Å². The summed E-state index contributed by atoms with van der Waals surface area (Å²) in [6.45, 7) is -0.0260. The Labute approximate surface area is 154 Å². The highest BCUT2D eigenvalue weighted by molar-refractivity contribution is 6.02. The van der Waals surface area contributed by atoms with E-state index in [1.807, 2.05) is 24.3 Å². The lowest BCUT2D eigenvalue weighted by Gasteiger charge is -2.06. The average Bonchev–Trinajstić information content (AvgIpc) is 3.20. The van der Waals surface area contributed by atoms with Crippen LogP contribution in [0.3, 0.4) is 0 Å². The Hall–Kier alpha value is -3.81. The van der Waals surface area contributed by atoms with Gasteiger partial charge >= 0.3 is 6.03 Å². The molecule has 0 fully saturated rings. The Kier molecular flexibility index (Phi) is 5.68. The number of benzene rings is 2. The number of rotatable bonds is 6. The standard InChI is InChI=1S/C19H18N4O4/c24-17-8-7-13-4-1-2-6-15(13)16(17)11-22-23-18(25)12-21-19(26)20-10-14-5-3-9-27-14/h1-9,11,24H,10,12H2,(H,23,25)(H2,20,21,26). The van der Waals surface area contributed by atoms with Crippen LogP contribution in [0.5, 0.6) is 5.75 Å². The van der Waals surface area contributed by atoms with Crippen molar-refractivity contribution in [3.8, 4) is 5.75 Å². The largest absolute Gasteiger partial charge is 0.507 e. The predicted molar refractivity (Wildman–Crippen MR) is 100 cm³/mol. The zero-order chi connectivity index (χ0) is 19.1. The Balaban J connectivity index is 1.49. The first-order valence-corrected chi connectivity index (χ1v) is 8.20. The van der Waals surface area contributed by atoms with Crippen LogP contribution in [0.2, 0.25) is 0 Å². The minimum Gasteiger partial charge on any atom is -0.507 e. The van der Waals surface area contributed by atoms with Gasteiger partial charge < -0.3 is 20.2 Å². The molecule has 0 atom stereocenters. The molecule has 138 valence electrons. The second-order valence-electron chi connectivity index (χ2n) is 5.63. The first-order chi connectivity index (χ1) is 13.1. The maximum absolute atomic E-state index is 11.8. The normalized spacial score (nSPS) is 10.8. The van der Waals surface area contributed by atoms with E-state index in [0.29, 0.717) is 11.3 Å². The lowest BCUT2D eigenvalue weighted by molar-refractivity contribution is -0.120. The Morgan fingerprint density at radius 1 is 1.07 bits per heavy atom. The van der Waals surface area contributed by atoms with E-state index in [9.17, 15) is 14.7 Å². The Morgan fingerprint density at radius 2 is 1.93 bits per heavy atom. The molecule has 0 bridgehead atoms. The van der Waals surface area contributed by atoms with Gasteiger partial charge in [-0.2, -0.15) is 5.10 Å². The fourth-order valence-corrected chi connectivity index (χ4v) is 2.43. The number of phenols is 1. The third-order valence-electron chi connectivity index (χ3n) is 3.74. The van der Waals surface area contributed by atoms with Crippen molar-refractivity contribution in [2.24, 2.45) is 5.10 Å². The molecule has 3 aromatic rings. The molecule has 4 N–H and O–H groups in total. The highest BCUT2D eigenvalue weighted by Gasteiger charge is 2.06. The number of hydrogen-bond donors (Lipinski definition) is 4. The molecule has 0 aliphatic heterocycles. The molecule has 0 aliphatic carbocycles. The number of carbonyl (C=O) groups excluding carboxylic acids is 2. The second kappa shape index (κ2) is 8.52. The van der Waals surface area contributed by atoms with Crippen LogP contribution in [-0.2, 0) is 11.3 Å². The number of phenolic OH excluding ortho intramolecular Hbond substituents is 1. The van der Waals surface area contributed by atoms with Gasteiger partial charge in [0.2, 0.25) is 0 Å². The van der Waals surface area contributed by atoms with Crippen molar-refractivity contribution < 1.29 is 19.1 Å². The summed E-state index contributed by atoms with van der Waals surface area (Å²) in [5.41, 5.74) is 2.80. The van der Waals surface area contributed by atoms with E-state index in [0.717, 1.165) is 10.8 Å². The number of amides is 3. The minimum atomic E-state index is -0.503. The summed E-state index contributed by atoms with van der Waals surface area (Å²) < 4.78 is 5.08. The predicted octanol–water partition coefficient (Wildman–Crippen LogP) is 2.09. The SMILES string of the molecule is O=C(CNC(=O)NCc1ccco1)NN=Cc1c(O)ccc2ccccc12. The number of nitrogens with zero attached hydrogens (tertiary/aromatic N) is 1. The van der Waals surface area contributed by atoms with Crippen LogP contribution < -0.4 is 16.1 Å². The first kappa shape index (κ1) is 18.0. The second-order valence-corrected chi connectivity index (χ2v) is 5.63. The fraction of sp³-hybridized carbons (Fsp3) is 0.105. The first-order valence-electron chi connectivity index (χ1n) is 8.20. The van der Waals surface area contributed by atoms with Gasteiger partial charge in [0.05, 0.1) is 19.0 Å². The summed E-state index contributed by atoms with van der Waals surface area (Å²) in [6, 6.07) is 13.8. The summed E-state index contributed by atoms with van der Waals surface area (Å²) in [6.07, 6.45) is 2.88. The summed E-state index contributed by atoms with van der Waals surface area (Å²) in [4.78, 5) is 23.4. The van der Waals surface area contributed by atoms with Crippen LogP contribution in [0, 0.1) is 0 Å². The molecule has 0 saturated heterocycles. The van der Waals surface area contributed by atoms with Crippen LogP contribution in [-0.4, -0.2) is 29.8 Å². The van der Waals surface area contributed by atoms with Crippen LogP contribution >= 0.6 is 0 Å². The van der Waals surface area contributed by atoms with Gasteiger partial charge in [-0.1, -0.05) is 30.3 Å². The van der Waals surface area contributed by atoms with Gasteiger partial charge in [0.15, 0.2) is 0 Å². The smallest absolute Gasteiger partial charge is 0.315 e. The maximum Gasteiger partial charge on any atom is 0.315 e. The van der Waals surface area contributed by atoms with Crippen molar-refractivity contribution in [3.05, 3.63) is 66.1 Å². The van der Waals surface area contributed by atoms with Crippen LogP contribution in [0.25, 0.3) is 10.8 Å². The molecule has 8 heteroatoms. The van der Waals surface area contributed by atoms with Crippen molar-refractivity contribution in [2.75, 3.05) is 6.54 Å². The maximum atomic E-state index is 11.8. The molecule has 0 unspecified atom stereocenters. The van der Waals surface area contributed by atoms with Crippen LogP contribution in [0.4, 0.5) is 4.79 Å². The Morgan fingerprint density at radius 3 is 2.74 bits per heavy atom. The van der Waals surface area contributed by atoms with E-state index in [-0.39, 0.29) is 18.8 Å². The van der Waals surface area contributed by atoms with Gasteiger partial charge in [-0.3, -0.25) is 4.79 Å². The number of hydrogen-bond acceptors (Lipinski definition) is 5. The van der Waals surface area contributed by atoms with E-state index in [4.69, 9.17) is 4.42 Å². The van der Waals surface area contributed by atoms with Crippen molar-refractivity contribution in [2.45, 2.75) is 6.54 Å². The molecule has 1 aromatic heterocycles. The number of urea groups is 1. The van der Waals surface area contributed by atoms with Crippen molar-refractivity contribution in [3.63, 3.8) is 0 Å². The van der Waals surface area contributed by atoms with E-state index < -0.39 is 11.9 Å². The van der Waals surface area contributed by atoms with E-state index in [1.54, 1.807) is 24.3 Å². The number of hydrazone groups is 1. The number of nitrogens with one attached hydrogen (secondary N) is 3. The summed E-state index contributed by atoms with van der Waals surface area (Å²) in [7, 11) is 0. The molecule has 3 rings (SSSR count). The van der Waals surface area contributed by atoms with Gasteiger partial charge in [-0.15, -0.1) is 0 Å². The number of furan rings is 1. The summed E-state index contributed by atoms with van der Waals surface area (Å²) in [5, 5.41) is 20.6. The molecule has 0 radical (unpaired) electrons. The molecule has 0 saturated carbocycles. The highest BCUT2D eigenvalue weighted by Crippen LogP contribution is 2.25. The number of aromatic hydroxyl groups is 1. The average molecular weight is 366 g/mol. The lowest BCUT2D eigenvalue weighted by atomic mass is 10.0. The van der Waals surface area contributed by atoms with Crippen molar-refractivity contribution in [1.29, 1.82) is 0 Å². The van der Waals surface area contributed by atoms with Crippen molar-refractivity contribution in [1.82, 2.24) is 16.1 Å². The molecule has 0 spiro atoms. The highest BCUT2D eigenvalue weighted by atomic mass is 16.3. The molecule has 8 nitrogen and oxygen atoms in total. The number of fused-ring (bicyclic) bond motifs is 1. The topological polar surface area (TPSA) is 116 Å². The zero-order valence-corrected chi connectivity index (χ0v) is 14.3. The minimum absolute atomic E-state index is 0.0575. The molecule has 1 heterocycles. The third-order valence-corrected chi connectivity index (χ3v) is 3.74. The van der Waals surface area contributed by atoms with E-state index in [2.05, 4.69) is 21.2 Å². The van der Waals surface area contributed by atoms with Crippen molar-refractivity contribution >= 4 is 28.9 Å². The van der Waals surface area contributed by atoms with Gasteiger partial charge in [0.1, 0.15) is 18.1 Å². The number of carbonyl (C=O) groups is 2. The quantitative estimate of drug-likeness (QED) is 0.395. The molecule has 3 amide bonds. The van der Waals surface area contributed by atoms with Crippen LogP contribution in [0.1, 0.15) is 11.3 Å². The molecule has 0 aliphatic rings. The third kappa shape index (κ3) is 4.85. The van der Waals surface area contributed by atoms with E-state index >= 15 is 0 Å². The summed E-state index contributed by atoms with van der Waals surface area (Å²) >= 11 is 0. The van der Waals surface area contributed by atoms with Gasteiger partial charge in [0.25, 0.3) is 5.91 Å². The lowest BCUT2D eigenvalue weighted by Crippen LogP contribution is -2.40.